The van der Waals surface area contributed by atoms with Gasteiger partial charge in [0.2, 0.25) is 0 Å². The van der Waals surface area contributed by atoms with Crippen molar-refractivity contribution in [3.8, 4) is 5.75 Å². The van der Waals surface area contributed by atoms with E-state index in [1.165, 1.54) is 0 Å². The molecule has 20 heavy (non-hydrogen) atoms. The second kappa shape index (κ2) is 6.70. The third-order valence-electron chi connectivity index (χ3n) is 2.95. The first-order valence-corrected chi connectivity index (χ1v) is 7.58. The van der Waals surface area contributed by atoms with Crippen LogP contribution in [0.3, 0.4) is 0 Å². The molecule has 1 N–H and O–H groups in total. The van der Waals surface area contributed by atoms with Gasteiger partial charge >= 0.3 is 0 Å². The van der Waals surface area contributed by atoms with Crippen molar-refractivity contribution < 1.29 is 4.74 Å². The molecule has 0 aliphatic carbocycles. The first kappa shape index (κ1) is 15.5. The maximum Gasteiger partial charge on any atom is 0.137 e. The molecule has 0 aliphatic rings. The molecule has 0 fully saturated rings. The van der Waals surface area contributed by atoms with Crippen molar-refractivity contribution in [3.63, 3.8) is 0 Å². The number of benzene rings is 2. The fraction of sp³-hybridized carbons (Fsp3) is 0.200. The number of halogens is 3. The Morgan fingerprint density at radius 3 is 2.55 bits per heavy atom. The summed E-state index contributed by atoms with van der Waals surface area (Å²) in [4.78, 5) is 0. The second-order valence-corrected chi connectivity index (χ2v) is 6.07. The molecule has 106 valence electrons. The monoisotopic (exact) mass is 373 g/mol. The second-order valence-electron chi connectivity index (χ2n) is 4.40. The lowest BCUT2D eigenvalue weighted by Gasteiger charge is -2.11. The Balaban J connectivity index is 2.13. The van der Waals surface area contributed by atoms with E-state index in [-0.39, 0.29) is 0 Å². The smallest absolute Gasteiger partial charge is 0.137 e. The van der Waals surface area contributed by atoms with Gasteiger partial charge in [-0.25, -0.2) is 0 Å². The van der Waals surface area contributed by atoms with E-state index in [0.29, 0.717) is 17.3 Å². The largest absolute Gasteiger partial charge is 0.495 e. The number of rotatable bonds is 4. The number of ether oxygens (including phenoxy) is 1. The Labute approximate surface area is 137 Å². The number of methoxy groups -OCH3 is 1. The highest BCUT2D eigenvalue weighted by atomic mass is 79.9. The fourth-order valence-electron chi connectivity index (χ4n) is 1.80. The van der Waals surface area contributed by atoms with Gasteiger partial charge in [-0.3, -0.25) is 0 Å². The standard InChI is InChI=1S/C15H14BrCl2NO/c1-9-5-11(16)14(7-12(9)17)19-8-10-3-4-15(20-2)13(18)6-10/h3-7,19H,8H2,1-2H3. The molecular weight excluding hydrogens is 361 g/mol. The Bertz CT molecular complexity index is 632. The van der Waals surface area contributed by atoms with Crippen LogP contribution < -0.4 is 10.1 Å². The zero-order valence-electron chi connectivity index (χ0n) is 11.1. The molecule has 5 heteroatoms. The summed E-state index contributed by atoms with van der Waals surface area (Å²) in [5.41, 5.74) is 3.06. The molecule has 0 spiro atoms. The Morgan fingerprint density at radius 1 is 1.15 bits per heavy atom. The van der Waals surface area contributed by atoms with Gasteiger partial charge in [-0.2, -0.15) is 0 Å². The molecular formula is C15H14BrCl2NO. The van der Waals surface area contributed by atoms with Crippen LogP contribution in [0.15, 0.2) is 34.8 Å². The van der Waals surface area contributed by atoms with Gasteiger partial charge in [-0.15, -0.1) is 0 Å². The predicted octanol–water partition coefficient (Wildman–Crippen LogP) is 5.69. The lowest BCUT2D eigenvalue weighted by atomic mass is 10.2. The maximum absolute atomic E-state index is 6.13. The van der Waals surface area contributed by atoms with Crippen molar-refractivity contribution >= 4 is 44.8 Å². The third kappa shape index (κ3) is 3.60. The van der Waals surface area contributed by atoms with Crippen molar-refractivity contribution in [2.45, 2.75) is 13.5 Å². The maximum atomic E-state index is 6.13. The summed E-state index contributed by atoms with van der Waals surface area (Å²) in [6, 6.07) is 9.62. The molecule has 0 radical (unpaired) electrons. The van der Waals surface area contributed by atoms with Crippen molar-refractivity contribution in [1.82, 2.24) is 0 Å². The van der Waals surface area contributed by atoms with Gasteiger partial charge in [0.05, 0.1) is 17.8 Å². The average Bonchev–Trinajstić information content (AvgIpc) is 2.41. The average molecular weight is 375 g/mol. The van der Waals surface area contributed by atoms with Gasteiger partial charge in [0.25, 0.3) is 0 Å². The molecule has 0 unspecified atom stereocenters. The van der Waals surface area contributed by atoms with E-state index in [4.69, 9.17) is 27.9 Å². The zero-order valence-corrected chi connectivity index (χ0v) is 14.2. The highest BCUT2D eigenvalue weighted by Crippen LogP contribution is 2.30. The first-order valence-electron chi connectivity index (χ1n) is 6.03. The highest BCUT2D eigenvalue weighted by Gasteiger charge is 2.05. The van der Waals surface area contributed by atoms with Gasteiger partial charge in [0.1, 0.15) is 5.75 Å². The molecule has 2 aromatic carbocycles. The van der Waals surface area contributed by atoms with E-state index in [1.54, 1.807) is 7.11 Å². The summed E-state index contributed by atoms with van der Waals surface area (Å²) in [5, 5.41) is 4.67. The Hall–Kier alpha value is -0.900. The molecule has 0 saturated heterocycles. The summed E-state index contributed by atoms with van der Waals surface area (Å²) >= 11 is 15.8. The first-order chi connectivity index (χ1) is 9.51. The molecule has 0 aliphatic heterocycles. The minimum Gasteiger partial charge on any atom is -0.495 e. The number of hydrogen-bond donors (Lipinski definition) is 1. The molecule has 2 aromatic rings. The van der Waals surface area contributed by atoms with E-state index in [1.807, 2.05) is 37.3 Å². The minimum atomic E-state index is 0.604. The normalized spacial score (nSPS) is 10.4. The van der Waals surface area contributed by atoms with Crippen LogP contribution in [0, 0.1) is 6.92 Å². The highest BCUT2D eigenvalue weighted by molar-refractivity contribution is 9.10. The topological polar surface area (TPSA) is 21.3 Å². The van der Waals surface area contributed by atoms with Crippen LogP contribution in [0.4, 0.5) is 5.69 Å². The number of aryl methyl sites for hydroxylation is 1. The summed E-state index contributed by atoms with van der Waals surface area (Å²) in [7, 11) is 1.60. The molecule has 0 atom stereocenters. The van der Waals surface area contributed by atoms with Crippen molar-refractivity contribution in [1.29, 1.82) is 0 Å². The van der Waals surface area contributed by atoms with Gasteiger partial charge in [-0.1, -0.05) is 29.3 Å². The fourth-order valence-corrected chi connectivity index (χ4v) is 2.84. The summed E-state index contributed by atoms with van der Waals surface area (Å²) in [5.74, 6) is 0.676. The van der Waals surface area contributed by atoms with Crippen LogP contribution in [0.1, 0.15) is 11.1 Å². The molecule has 2 rings (SSSR count). The molecule has 0 heterocycles. The van der Waals surface area contributed by atoms with Gasteiger partial charge < -0.3 is 10.1 Å². The lowest BCUT2D eigenvalue weighted by Crippen LogP contribution is -2.00. The summed E-state index contributed by atoms with van der Waals surface area (Å²) < 4.78 is 6.12. The SMILES string of the molecule is COc1ccc(CNc2cc(Cl)c(C)cc2Br)cc1Cl. The molecule has 0 aromatic heterocycles. The number of anilines is 1. The molecule has 0 amide bonds. The Morgan fingerprint density at radius 2 is 1.90 bits per heavy atom. The van der Waals surface area contributed by atoms with E-state index >= 15 is 0 Å². The Kier molecular flexibility index (Phi) is 5.19. The minimum absolute atomic E-state index is 0.604. The zero-order chi connectivity index (χ0) is 14.7. The van der Waals surface area contributed by atoms with Crippen molar-refractivity contribution in [2.24, 2.45) is 0 Å². The molecule has 2 nitrogen and oxygen atoms in total. The van der Waals surface area contributed by atoms with E-state index < -0.39 is 0 Å². The van der Waals surface area contributed by atoms with Gasteiger partial charge in [0, 0.05) is 16.0 Å². The lowest BCUT2D eigenvalue weighted by molar-refractivity contribution is 0.415. The van der Waals surface area contributed by atoms with E-state index in [9.17, 15) is 0 Å². The third-order valence-corrected chi connectivity index (χ3v) is 4.31. The summed E-state index contributed by atoms with van der Waals surface area (Å²) in [6.07, 6.45) is 0. The van der Waals surface area contributed by atoms with Crippen LogP contribution in [0.25, 0.3) is 0 Å². The van der Waals surface area contributed by atoms with Crippen LogP contribution in [0.2, 0.25) is 10.0 Å². The van der Waals surface area contributed by atoms with Gasteiger partial charge in [-0.05, 0) is 58.2 Å². The van der Waals surface area contributed by atoms with Crippen molar-refractivity contribution in [2.75, 3.05) is 12.4 Å². The number of hydrogen-bond acceptors (Lipinski definition) is 2. The predicted molar refractivity (Wildman–Crippen MR) is 89.2 cm³/mol. The van der Waals surface area contributed by atoms with Crippen LogP contribution >= 0.6 is 39.1 Å². The number of nitrogens with one attached hydrogen (secondary N) is 1. The van der Waals surface area contributed by atoms with E-state index in [0.717, 1.165) is 26.3 Å². The van der Waals surface area contributed by atoms with Crippen LogP contribution in [0.5, 0.6) is 5.75 Å². The molecule has 0 saturated carbocycles. The van der Waals surface area contributed by atoms with Crippen LogP contribution in [-0.4, -0.2) is 7.11 Å². The molecule has 0 bridgehead atoms. The van der Waals surface area contributed by atoms with Gasteiger partial charge in [0.15, 0.2) is 0 Å². The quantitative estimate of drug-likeness (QED) is 0.742. The van der Waals surface area contributed by atoms with E-state index in [2.05, 4.69) is 21.2 Å². The van der Waals surface area contributed by atoms with Crippen LogP contribution in [-0.2, 0) is 6.54 Å². The summed E-state index contributed by atoms with van der Waals surface area (Å²) in [6.45, 7) is 2.63. The van der Waals surface area contributed by atoms with Crippen molar-refractivity contribution in [3.05, 3.63) is 56.0 Å².